The summed E-state index contributed by atoms with van der Waals surface area (Å²) in [5.74, 6) is 0.159. The zero-order valence-electron chi connectivity index (χ0n) is 16.5. The molecule has 0 aliphatic rings. The molecular formula is C26H19BrClNO2. The Labute approximate surface area is 194 Å². The molecule has 0 radical (unpaired) electrons. The lowest BCUT2D eigenvalue weighted by Gasteiger charge is -2.09. The van der Waals surface area contributed by atoms with E-state index in [0.29, 0.717) is 27.2 Å². The minimum atomic E-state index is 0.0710. The van der Waals surface area contributed by atoms with Crippen molar-refractivity contribution in [1.82, 2.24) is 0 Å². The van der Waals surface area contributed by atoms with Crippen LogP contribution in [0.2, 0.25) is 5.02 Å². The third-order valence-corrected chi connectivity index (χ3v) is 5.90. The number of hydrogen-bond donors (Lipinski definition) is 2. The van der Waals surface area contributed by atoms with Crippen molar-refractivity contribution in [2.24, 2.45) is 4.99 Å². The molecular weight excluding hydrogens is 474 g/mol. The second kappa shape index (κ2) is 9.38. The van der Waals surface area contributed by atoms with Crippen molar-refractivity contribution in [3.8, 4) is 22.6 Å². The van der Waals surface area contributed by atoms with E-state index in [1.54, 1.807) is 12.3 Å². The maximum Gasteiger partial charge on any atom is 0.141 e. The lowest BCUT2D eigenvalue weighted by atomic mass is 10.0. The van der Waals surface area contributed by atoms with Crippen molar-refractivity contribution in [3.05, 3.63) is 111 Å². The molecule has 3 nitrogen and oxygen atoms in total. The van der Waals surface area contributed by atoms with Gasteiger partial charge >= 0.3 is 0 Å². The van der Waals surface area contributed by atoms with E-state index < -0.39 is 0 Å². The van der Waals surface area contributed by atoms with Gasteiger partial charge < -0.3 is 10.2 Å². The second-order valence-electron chi connectivity index (χ2n) is 7.11. The molecule has 4 aromatic carbocycles. The number of rotatable bonds is 5. The molecule has 0 bridgehead atoms. The van der Waals surface area contributed by atoms with Crippen LogP contribution in [0.1, 0.15) is 16.7 Å². The Hall–Kier alpha value is -3.08. The zero-order chi connectivity index (χ0) is 21.8. The summed E-state index contributed by atoms with van der Waals surface area (Å²) in [6.45, 7) is 0. The van der Waals surface area contributed by atoms with Crippen LogP contribution < -0.4 is 0 Å². The Morgan fingerprint density at radius 3 is 2.35 bits per heavy atom. The van der Waals surface area contributed by atoms with E-state index in [9.17, 15) is 10.2 Å². The predicted molar refractivity (Wildman–Crippen MR) is 131 cm³/mol. The Bertz CT molecular complexity index is 1260. The summed E-state index contributed by atoms with van der Waals surface area (Å²) in [7, 11) is 0. The van der Waals surface area contributed by atoms with Gasteiger partial charge in [0.15, 0.2) is 0 Å². The number of aromatic hydroxyl groups is 2. The minimum Gasteiger partial charge on any atom is -0.506 e. The average molecular weight is 493 g/mol. The molecule has 4 aromatic rings. The van der Waals surface area contributed by atoms with E-state index in [2.05, 4.69) is 20.9 Å². The maximum atomic E-state index is 10.5. The molecule has 0 fully saturated rings. The number of phenols is 2. The van der Waals surface area contributed by atoms with Crippen molar-refractivity contribution < 1.29 is 10.2 Å². The first-order valence-electron chi connectivity index (χ1n) is 9.68. The van der Waals surface area contributed by atoms with Gasteiger partial charge in [0.25, 0.3) is 0 Å². The summed E-state index contributed by atoms with van der Waals surface area (Å²) in [5.41, 5.74) is 4.92. The number of benzene rings is 4. The van der Waals surface area contributed by atoms with Crippen LogP contribution in [-0.4, -0.2) is 16.4 Å². The van der Waals surface area contributed by atoms with Crippen LogP contribution in [-0.2, 0) is 6.42 Å². The highest BCUT2D eigenvalue weighted by atomic mass is 79.9. The maximum absolute atomic E-state index is 10.5. The molecule has 2 N–H and O–H groups in total. The number of halogens is 2. The summed E-state index contributed by atoms with van der Waals surface area (Å²) < 4.78 is 0.570. The molecule has 0 heterocycles. The Morgan fingerprint density at radius 2 is 1.58 bits per heavy atom. The van der Waals surface area contributed by atoms with E-state index in [-0.39, 0.29) is 11.5 Å². The van der Waals surface area contributed by atoms with Crippen molar-refractivity contribution in [2.45, 2.75) is 6.42 Å². The summed E-state index contributed by atoms with van der Waals surface area (Å²) in [6.07, 6.45) is 2.17. The highest BCUT2D eigenvalue weighted by Gasteiger charge is 2.10. The first-order valence-corrected chi connectivity index (χ1v) is 10.9. The molecule has 0 atom stereocenters. The van der Waals surface area contributed by atoms with Crippen molar-refractivity contribution >= 4 is 39.4 Å². The quantitative estimate of drug-likeness (QED) is 0.283. The number of phenolic OH excluding ortho intramolecular Hbond substituents is 2. The van der Waals surface area contributed by atoms with Crippen molar-refractivity contribution in [1.29, 1.82) is 0 Å². The van der Waals surface area contributed by atoms with Gasteiger partial charge in [-0.3, -0.25) is 4.99 Å². The van der Waals surface area contributed by atoms with Gasteiger partial charge in [-0.05, 0) is 74.9 Å². The lowest BCUT2D eigenvalue weighted by Crippen LogP contribution is -1.93. The molecule has 0 aliphatic carbocycles. The van der Waals surface area contributed by atoms with Gasteiger partial charge in [-0.2, -0.15) is 0 Å². The molecule has 0 spiro atoms. The number of hydrogen-bond acceptors (Lipinski definition) is 3. The summed E-state index contributed by atoms with van der Waals surface area (Å²) in [6, 6.07) is 26.6. The molecule has 154 valence electrons. The van der Waals surface area contributed by atoms with Crippen LogP contribution in [0.25, 0.3) is 11.1 Å². The highest BCUT2D eigenvalue weighted by molar-refractivity contribution is 9.10. The van der Waals surface area contributed by atoms with Crippen LogP contribution in [0.4, 0.5) is 5.69 Å². The van der Waals surface area contributed by atoms with Crippen molar-refractivity contribution in [2.75, 3.05) is 0 Å². The van der Waals surface area contributed by atoms with Gasteiger partial charge in [-0.1, -0.05) is 66.2 Å². The predicted octanol–water partition coefficient (Wildman–Crippen LogP) is 7.52. The number of nitrogens with zero attached hydrogens (tertiary/aromatic N) is 1. The van der Waals surface area contributed by atoms with E-state index in [1.165, 1.54) is 0 Å². The average Bonchev–Trinajstić information content (AvgIpc) is 2.78. The largest absolute Gasteiger partial charge is 0.506 e. The Morgan fingerprint density at radius 1 is 0.839 bits per heavy atom. The number of aliphatic imine (C=N–C) groups is 1. The molecule has 0 amide bonds. The summed E-state index contributed by atoms with van der Waals surface area (Å²) in [4.78, 5) is 4.45. The molecule has 0 saturated carbocycles. The first-order chi connectivity index (χ1) is 15.0. The van der Waals surface area contributed by atoms with Crippen LogP contribution in [0.5, 0.6) is 11.5 Å². The lowest BCUT2D eigenvalue weighted by molar-refractivity contribution is 0.470. The minimum absolute atomic E-state index is 0.0710. The molecule has 0 aliphatic heterocycles. The summed E-state index contributed by atoms with van der Waals surface area (Å²) in [5, 5.41) is 21.5. The van der Waals surface area contributed by atoms with E-state index in [4.69, 9.17) is 11.6 Å². The summed E-state index contributed by atoms with van der Waals surface area (Å²) >= 11 is 9.71. The third-order valence-electron chi connectivity index (χ3n) is 4.93. The molecule has 0 saturated heterocycles. The molecule has 4 rings (SSSR count). The fourth-order valence-electron chi connectivity index (χ4n) is 3.32. The van der Waals surface area contributed by atoms with Gasteiger partial charge in [-0.25, -0.2) is 0 Å². The van der Waals surface area contributed by atoms with Crippen LogP contribution >= 0.6 is 27.5 Å². The van der Waals surface area contributed by atoms with Gasteiger partial charge in [0.05, 0.1) is 4.47 Å². The molecule has 5 heteroatoms. The third kappa shape index (κ3) is 4.98. The normalized spacial score (nSPS) is 11.2. The van der Waals surface area contributed by atoms with Crippen LogP contribution in [0.15, 0.2) is 94.4 Å². The SMILES string of the molecule is Oc1ccc(-c2ccccc2)cc1N=Cc1cc(Cc2ccccc2Cl)cc(Br)c1O. The van der Waals surface area contributed by atoms with Gasteiger partial charge in [0.1, 0.15) is 17.2 Å². The standard InChI is InChI=1S/C26H19BrClNO2/c27-22-14-17(12-20-8-4-5-9-23(20)28)13-21(26(22)31)16-29-24-15-19(10-11-25(24)30)18-6-2-1-3-7-18/h1-11,13-16,30-31H,12H2. The van der Waals surface area contributed by atoms with E-state index in [1.807, 2.05) is 78.9 Å². The Balaban J connectivity index is 1.66. The smallest absolute Gasteiger partial charge is 0.141 e. The van der Waals surface area contributed by atoms with Gasteiger partial charge in [0, 0.05) is 16.8 Å². The second-order valence-corrected chi connectivity index (χ2v) is 8.37. The van der Waals surface area contributed by atoms with Crippen LogP contribution in [0.3, 0.4) is 0 Å². The molecule has 31 heavy (non-hydrogen) atoms. The zero-order valence-corrected chi connectivity index (χ0v) is 18.8. The topological polar surface area (TPSA) is 52.8 Å². The highest BCUT2D eigenvalue weighted by Crippen LogP contribution is 2.34. The monoisotopic (exact) mass is 491 g/mol. The first kappa shape index (κ1) is 21.2. The van der Waals surface area contributed by atoms with E-state index in [0.717, 1.165) is 22.3 Å². The van der Waals surface area contributed by atoms with Gasteiger partial charge in [-0.15, -0.1) is 0 Å². The molecule has 0 unspecified atom stereocenters. The fourth-order valence-corrected chi connectivity index (χ4v) is 4.04. The Kier molecular flexibility index (Phi) is 6.40. The van der Waals surface area contributed by atoms with E-state index >= 15 is 0 Å². The van der Waals surface area contributed by atoms with Gasteiger partial charge in [0.2, 0.25) is 0 Å². The van der Waals surface area contributed by atoms with Crippen molar-refractivity contribution in [3.63, 3.8) is 0 Å². The van der Waals surface area contributed by atoms with Crippen LogP contribution in [0, 0.1) is 0 Å². The molecule has 0 aromatic heterocycles. The fraction of sp³-hybridized carbons (Fsp3) is 0.0385.